The standard InChI is InChI=1S/C26H24N6O2S/c1-3-31-12-11-21-19(14-31)23(18-9-4-5-10-20(18)27-21)24(33)28-25-29-26-32(30-25)22(15-35-26)16-7-6-8-17(13-16)34-2/h4-10,13,15H,3,11-12,14H2,1-2H3,(H,28,30,33). The van der Waals surface area contributed by atoms with Gasteiger partial charge in [0, 0.05) is 47.1 Å². The van der Waals surface area contributed by atoms with Gasteiger partial charge in [0.2, 0.25) is 4.96 Å². The number of thiazole rings is 1. The summed E-state index contributed by atoms with van der Waals surface area (Å²) in [6, 6.07) is 15.6. The number of anilines is 1. The fraction of sp³-hybridized carbons (Fsp3) is 0.231. The molecule has 1 N–H and O–H groups in total. The van der Waals surface area contributed by atoms with Crippen molar-refractivity contribution in [3.63, 3.8) is 0 Å². The molecule has 2 aromatic carbocycles. The van der Waals surface area contributed by atoms with E-state index in [1.165, 1.54) is 11.3 Å². The molecule has 0 unspecified atom stereocenters. The maximum atomic E-state index is 13.7. The molecule has 9 heteroatoms. The van der Waals surface area contributed by atoms with E-state index in [1.54, 1.807) is 11.6 Å². The molecule has 4 heterocycles. The second kappa shape index (κ2) is 8.75. The van der Waals surface area contributed by atoms with Gasteiger partial charge < -0.3 is 4.74 Å². The van der Waals surface area contributed by atoms with Gasteiger partial charge in [0.05, 0.1) is 23.9 Å². The third-order valence-corrected chi connectivity index (χ3v) is 7.29. The largest absolute Gasteiger partial charge is 0.497 e. The number of carbonyl (C=O) groups excluding carboxylic acids is 1. The highest BCUT2D eigenvalue weighted by Gasteiger charge is 2.26. The summed E-state index contributed by atoms with van der Waals surface area (Å²) in [4.78, 5) is 26.2. The van der Waals surface area contributed by atoms with E-state index in [-0.39, 0.29) is 11.9 Å². The minimum absolute atomic E-state index is 0.209. The topological polar surface area (TPSA) is 84.7 Å². The van der Waals surface area contributed by atoms with Crippen LogP contribution in [0.15, 0.2) is 53.9 Å². The van der Waals surface area contributed by atoms with E-state index in [2.05, 4.69) is 27.2 Å². The second-order valence-corrected chi connectivity index (χ2v) is 9.32. The van der Waals surface area contributed by atoms with Crippen molar-refractivity contribution in [2.24, 2.45) is 0 Å². The number of amides is 1. The number of rotatable bonds is 5. The van der Waals surface area contributed by atoms with Crippen LogP contribution in [0.3, 0.4) is 0 Å². The van der Waals surface area contributed by atoms with Gasteiger partial charge in [-0.25, -0.2) is 4.52 Å². The zero-order valence-corrected chi connectivity index (χ0v) is 20.3. The van der Waals surface area contributed by atoms with Gasteiger partial charge in [-0.15, -0.1) is 16.4 Å². The summed E-state index contributed by atoms with van der Waals surface area (Å²) in [6.45, 7) is 4.72. The second-order valence-electron chi connectivity index (χ2n) is 8.48. The third-order valence-electron chi connectivity index (χ3n) is 6.47. The Morgan fingerprint density at radius 2 is 2.06 bits per heavy atom. The van der Waals surface area contributed by atoms with E-state index in [4.69, 9.17) is 9.72 Å². The lowest BCUT2D eigenvalue weighted by molar-refractivity contribution is 0.102. The normalized spacial score (nSPS) is 13.8. The smallest absolute Gasteiger partial charge is 0.259 e. The van der Waals surface area contributed by atoms with Crippen LogP contribution in [0, 0.1) is 0 Å². The number of para-hydroxylation sites is 1. The average molecular weight is 485 g/mol. The number of nitrogens with one attached hydrogen (secondary N) is 1. The zero-order chi connectivity index (χ0) is 23.9. The summed E-state index contributed by atoms with van der Waals surface area (Å²) < 4.78 is 7.12. The highest BCUT2D eigenvalue weighted by atomic mass is 32.1. The number of methoxy groups -OCH3 is 1. The Balaban J connectivity index is 1.38. The molecule has 1 amide bonds. The van der Waals surface area contributed by atoms with Crippen molar-refractivity contribution < 1.29 is 9.53 Å². The van der Waals surface area contributed by atoms with Crippen molar-refractivity contribution in [2.75, 3.05) is 25.5 Å². The number of likely N-dealkylation sites (N-methyl/N-ethyl adjacent to an activating group) is 1. The zero-order valence-electron chi connectivity index (χ0n) is 19.5. The molecule has 0 spiro atoms. The number of ether oxygens (including phenoxy) is 1. The van der Waals surface area contributed by atoms with Gasteiger partial charge in [-0.05, 0) is 24.7 Å². The predicted octanol–water partition coefficient (Wildman–Crippen LogP) is 4.64. The number of hydrogen-bond acceptors (Lipinski definition) is 7. The lowest BCUT2D eigenvalue weighted by Crippen LogP contribution is -2.33. The summed E-state index contributed by atoms with van der Waals surface area (Å²) in [5.41, 5.74) is 5.34. The molecule has 1 aliphatic heterocycles. The average Bonchev–Trinajstić information content (AvgIpc) is 3.47. The molecule has 35 heavy (non-hydrogen) atoms. The van der Waals surface area contributed by atoms with Crippen molar-refractivity contribution in [2.45, 2.75) is 19.9 Å². The van der Waals surface area contributed by atoms with Crippen LogP contribution >= 0.6 is 11.3 Å². The van der Waals surface area contributed by atoms with E-state index in [0.717, 1.165) is 58.7 Å². The number of pyridine rings is 1. The van der Waals surface area contributed by atoms with E-state index >= 15 is 0 Å². The molecule has 6 rings (SSSR count). The van der Waals surface area contributed by atoms with Crippen LogP contribution in [-0.2, 0) is 13.0 Å². The summed E-state index contributed by atoms with van der Waals surface area (Å²) in [7, 11) is 1.65. The van der Waals surface area contributed by atoms with E-state index in [9.17, 15) is 4.79 Å². The quantitative estimate of drug-likeness (QED) is 0.391. The molecular formula is C26H24N6O2S. The van der Waals surface area contributed by atoms with Gasteiger partial charge in [0.1, 0.15) is 5.75 Å². The van der Waals surface area contributed by atoms with E-state index in [0.29, 0.717) is 17.1 Å². The molecule has 0 fully saturated rings. The summed E-state index contributed by atoms with van der Waals surface area (Å²) >= 11 is 1.48. The number of carbonyl (C=O) groups is 1. The molecule has 0 aliphatic carbocycles. The molecule has 5 aromatic rings. The van der Waals surface area contributed by atoms with Gasteiger partial charge >= 0.3 is 0 Å². The van der Waals surface area contributed by atoms with Crippen molar-refractivity contribution in [1.82, 2.24) is 24.5 Å². The first kappa shape index (κ1) is 21.7. The molecule has 0 atom stereocenters. The Kier molecular flexibility index (Phi) is 5.43. The minimum Gasteiger partial charge on any atom is -0.497 e. The van der Waals surface area contributed by atoms with Gasteiger partial charge in [0.15, 0.2) is 0 Å². The summed E-state index contributed by atoms with van der Waals surface area (Å²) in [6.07, 6.45) is 0.830. The van der Waals surface area contributed by atoms with Gasteiger partial charge in [0.25, 0.3) is 11.9 Å². The highest BCUT2D eigenvalue weighted by Crippen LogP contribution is 2.30. The first-order valence-electron chi connectivity index (χ1n) is 11.6. The maximum absolute atomic E-state index is 13.7. The van der Waals surface area contributed by atoms with Crippen LogP contribution in [0.5, 0.6) is 5.75 Å². The lowest BCUT2D eigenvalue weighted by Gasteiger charge is -2.29. The maximum Gasteiger partial charge on any atom is 0.259 e. The SMILES string of the molecule is CCN1CCc2nc3ccccc3c(C(=O)Nc3nc4scc(-c5cccc(OC)c5)n4n3)c2C1. The van der Waals surface area contributed by atoms with Crippen LogP contribution in [0.2, 0.25) is 0 Å². The fourth-order valence-corrected chi connectivity index (χ4v) is 5.49. The summed E-state index contributed by atoms with van der Waals surface area (Å²) in [5.74, 6) is 0.841. The molecule has 0 saturated carbocycles. The lowest BCUT2D eigenvalue weighted by atomic mass is 9.95. The van der Waals surface area contributed by atoms with Gasteiger partial charge in [-0.3, -0.25) is 20.0 Å². The van der Waals surface area contributed by atoms with Gasteiger partial charge in [-0.2, -0.15) is 4.98 Å². The Morgan fingerprint density at radius 3 is 2.91 bits per heavy atom. The molecule has 0 radical (unpaired) electrons. The minimum atomic E-state index is -0.209. The molecule has 0 saturated heterocycles. The van der Waals surface area contributed by atoms with Crippen LogP contribution in [0.4, 0.5) is 5.95 Å². The van der Waals surface area contributed by atoms with E-state index in [1.807, 2.05) is 53.9 Å². The van der Waals surface area contributed by atoms with Crippen molar-refractivity contribution in [3.8, 4) is 17.0 Å². The molecule has 8 nitrogen and oxygen atoms in total. The third kappa shape index (κ3) is 3.82. The Hall–Kier alpha value is -3.82. The van der Waals surface area contributed by atoms with Crippen molar-refractivity contribution in [1.29, 1.82) is 0 Å². The van der Waals surface area contributed by atoms with Crippen LogP contribution in [0.25, 0.3) is 27.1 Å². The van der Waals surface area contributed by atoms with Crippen molar-refractivity contribution >= 4 is 39.1 Å². The number of aromatic nitrogens is 4. The molecular weight excluding hydrogens is 460 g/mol. The van der Waals surface area contributed by atoms with Crippen molar-refractivity contribution in [3.05, 3.63) is 70.7 Å². The fourth-order valence-electron chi connectivity index (χ4n) is 4.65. The number of fused-ring (bicyclic) bond motifs is 3. The Bertz CT molecular complexity index is 1570. The number of hydrogen-bond donors (Lipinski definition) is 1. The van der Waals surface area contributed by atoms with Crippen LogP contribution in [0.1, 0.15) is 28.5 Å². The van der Waals surface area contributed by atoms with Crippen LogP contribution in [-0.4, -0.2) is 50.6 Å². The predicted molar refractivity (Wildman–Crippen MR) is 137 cm³/mol. The molecule has 1 aliphatic rings. The highest BCUT2D eigenvalue weighted by molar-refractivity contribution is 7.15. The van der Waals surface area contributed by atoms with E-state index < -0.39 is 0 Å². The first-order valence-corrected chi connectivity index (χ1v) is 12.5. The first-order chi connectivity index (χ1) is 17.1. The summed E-state index contributed by atoms with van der Waals surface area (Å²) in [5, 5.41) is 10.4. The molecule has 176 valence electrons. The Labute approximate surface area is 206 Å². The monoisotopic (exact) mass is 484 g/mol. The molecule has 0 bridgehead atoms. The van der Waals surface area contributed by atoms with Gasteiger partial charge in [-0.1, -0.05) is 37.3 Å². The Morgan fingerprint density at radius 1 is 1.17 bits per heavy atom. The number of nitrogens with zero attached hydrogens (tertiary/aromatic N) is 5. The molecule has 3 aromatic heterocycles. The number of benzene rings is 2. The van der Waals surface area contributed by atoms with Crippen LogP contribution < -0.4 is 10.1 Å².